The lowest BCUT2D eigenvalue weighted by Crippen LogP contribution is -2.48. The molecular weight excluding hydrogens is 330 g/mol. The predicted molar refractivity (Wildman–Crippen MR) is 87.9 cm³/mol. The van der Waals surface area contributed by atoms with Crippen LogP contribution in [0.25, 0.3) is 0 Å². The molecule has 2 aromatic rings. The molecule has 0 bridgehead atoms. The van der Waals surface area contributed by atoms with Crippen molar-refractivity contribution in [3.05, 3.63) is 47.4 Å². The van der Waals surface area contributed by atoms with E-state index >= 15 is 0 Å². The number of carbonyl (C=O) groups is 1. The van der Waals surface area contributed by atoms with E-state index in [9.17, 15) is 13.6 Å². The molecular formula is C17H20F2N4O2. The molecule has 0 unspecified atom stereocenters. The molecule has 1 saturated heterocycles. The Bertz CT molecular complexity index is 742. The number of rotatable bonds is 5. The lowest BCUT2D eigenvalue weighted by Gasteiger charge is -2.33. The second-order valence-corrected chi connectivity index (χ2v) is 6.16. The number of halogens is 2. The Labute approximate surface area is 144 Å². The van der Waals surface area contributed by atoms with E-state index in [1.54, 1.807) is 0 Å². The van der Waals surface area contributed by atoms with Gasteiger partial charge in [0.1, 0.15) is 5.76 Å². The normalized spacial score (nSPS) is 16.1. The highest BCUT2D eigenvalue weighted by molar-refractivity contribution is 5.92. The Balaban J connectivity index is 1.43. The van der Waals surface area contributed by atoms with Crippen LogP contribution in [0, 0.1) is 18.6 Å². The van der Waals surface area contributed by atoms with Crippen LogP contribution >= 0.6 is 0 Å². The summed E-state index contributed by atoms with van der Waals surface area (Å²) in [5.41, 5.74) is 1.16. The summed E-state index contributed by atoms with van der Waals surface area (Å²) in [6, 6.07) is 5.23. The molecule has 0 saturated carbocycles. The van der Waals surface area contributed by atoms with Crippen LogP contribution in [0.1, 0.15) is 11.5 Å². The molecule has 1 amide bonds. The first kappa shape index (κ1) is 17.5. The van der Waals surface area contributed by atoms with E-state index in [0.29, 0.717) is 0 Å². The molecule has 1 N–H and O–H groups in total. The van der Waals surface area contributed by atoms with Gasteiger partial charge in [-0.05, 0) is 19.1 Å². The summed E-state index contributed by atoms with van der Waals surface area (Å²) >= 11 is 0. The average molecular weight is 350 g/mol. The molecule has 1 aromatic carbocycles. The Kier molecular flexibility index (Phi) is 5.40. The lowest BCUT2D eigenvalue weighted by atomic mass is 10.2. The molecule has 0 radical (unpaired) electrons. The van der Waals surface area contributed by atoms with Gasteiger partial charge in [-0.25, -0.2) is 8.78 Å². The summed E-state index contributed by atoms with van der Waals surface area (Å²) in [5.74, 6) is -1.36. The van der Waals surface area contributed by atoms with Gasteiger partial charge in [0.15, 0.2) is 11.6 Å². The maximum absolute atomic E-state index is 13.2. The summed E-state index contributed by atoms with van der Waals surface area (Å²) in [7, 11) is 0. The number of aryl methyl sites for hydroxylation is 1. The third-order valence-electron chi connectivity index (χ3n) is 4.10. The van der Waals surface area contributed by atoms with E-state index in [0.717, 1.165) is 56.3 Å². The minimum atomic E-state index is -0.977. The topological polar surface area (TPSA) is 61.6 Å². The zero-order valence-electron chi connectivity index (χ0n) is 14.0. The third kappa shape index (κ3) is 4.83. The third-order valence-corrected chi connectivity index (χ3v) is 4.10. The largest absolute Gasteiger partial charge is 0.361 e. The van der Waals surface area contributed by atoms with Gasteiger partial charge in [0, 0.05) is 50.5 Å². The number of anilines is 1. The molecule has 25 heavy (non-hydrogen) atoms. The van der Waals surface area contributed by atoms with Gasteiger partial charge in [-0.2, -0.15) is 0 Å². The molecule has 3 rings (SSSR count). The van der Waals surface area contributed by atoms with Crippen LogP contribution in [0.4, 0.5) is 14.5 Å². The smallest absolute Gasteiger partial charge is 0.238 e. The lowest BCUT2D eigenvalue weighted by molar-refractivity contribution is -0.117. The van der Waals surface area contributed by atoms with Gasteiger partial charge in [-0.1, -0.05) is 5.16 Å². The van der Waals surface area contributed by atoms with Gasteiger partial charge in [0.2, 0.25) is 5.91 Å². The van der Waals surface area contributed by atoms with Gasteiger partial charge in [-0.3, -0.25) is 14.6 Å². The Hall–Kier alpha value is -2.32. The number of hydrogen-bond donors (Lipinski definition) is 1. The van der Waals surface area contributed by atoms with Crippen molar-refractivity contribution >= 4 is 11.6 Å². The Morgan fingerprint density at radius 1 is 1.16 bits per heavy atom. The molecule has 134 valence electrons. The molecule has 0 aliphatic carbocycles. The number of piperazine rings is 1. The first-order valence-corrected chi connectivity index (χ1v) is 8.11. The van der Waals surface area contributed by atoms with Crippen molar-refractivity contribution in [2.24, 2.45) is 0 Å². The highest BCUT2D eigenvalue weighted by Crippen LogP contribution is 2.13. The number of benzene rings is 1. The molecule has 6 nitrogen and oxygen atoms in total. The quantitative estimate of drug-likeness (QED) is 0.894. The molecule has 0 spiro atoms. The number of hydrogen-bond acceptors (Lipinski definition) is 5. The number of aromatic nitrogens is 1. The standard InChI is InChI=1S/C17H20F2N4O2/c1-12-8-14(21-25-12)10-22-4-6-23(7-5-22)11-17(24)20-13-2-3-15(18)16(19)9-13/h2-3,8-9H,4-7,10-11H2,1H3,(H,20,24). The summed E-state index contributed by atoms with van der Waals surface area (Å²) in [5, 5.41) is 6.57. The van der Waals surface area contributed by atoms with Crippen molar-refractivity contribution in [1.82, 2.24) is 15.0 Å². The molecule has 1 aliphatic heterocycles. The minimum absolute atomic E-state index is 0.218. The highest BCUT2D eigenvalue weighted by atomic mass is 19.2. The van der Waals surface area contributed by atoms with Crippen LogP contribution in [0.5, 0.6) is 0 Å². The number of carbonyl (C=O) groups excluding carboxylic acids is 1. The first-order valence-electron chi connectivity index (χ1n) is 8.11. The number of amides is 1. The van der Waals surface area contributed by atoms with Crippen molar-refractivity contribution in [1.29, 1.82) is 0 Å². The summed E-state index contributed by atoms with van der Waals surface area (Å²) in [6.07, 6.45) is 0. The van der Waals surface area contributed by atoms with E-state index in [4.69, 9.17) is 4.52 Å². The van der Waals surface area contributed by atoms with Crippen molar-refractivity contribution < 1.29 is 18.1 Å². The van der Waals surface area contributed by atoms with Gasteiger partial charge < -0.3 is 9.84 Å². The number of nitrogens with zero attached hydrogens (tertiary/aromatic N) is 3. The van der Waals surface area contributed by atoms with Crippen LogP contribution in [0.15, 0.2) is 28.8 Å². The number of nitrogens with one attached hydrogen (secondary N) is 1. The zero-order valence-corrected chi connectivity index (χ0v) is 14.0. The molecule has 0 atom stereocenters. The van der Waals surface area contributed by atoms with Gasteiger partial charge in [-0.15, -0.1) is 0 Å². The van der Waals surface area contributed by atoms with Crippen LogP contribution in [0.3, 0.4) is 0 Å². The summed E-state index contributed by atoms with van der Waals surface area (Å²) in [6.45, 7) is 5.96. The fourth-order valence-corrected chi connectivity index (χ4v) is 2.80. The van der Waals surface area contributed by atoms with Crippen molar-refractivity contribution in [2.75, 3.05) is 38.0 Å². The molecule has 2 heterocycles. The minimum Gasteiger partial charge on any atom is -0.361 e. The SMILES string of the molecule is Cc1cc(CN2CCN(CC(=O)Nc3ccc(F)c(F)c3)CC2)no1. The maximum atomic E-state index is 13.2. The van der Waals surface area contributed by atoms with Crippen LogP contribution < -0.4 is 5.32 Å². The molecule has 1 aliphatic rings. The van der Waals surface area contributed by atoms with Gasteiger partial charge >= 0.3 is 0 Å². The van der Waals surface area contributed by atoms with Crippen molar-refractivity contribution in [3.63, 3.8) is 0 Å². The van der Waals surface area contributed by atoms with Gasteiger partial charge in [0.25, 0.3) is 0 Å². The Morgan fingerprint density at radius 3 is 2.52 bits per heavy atom. The molecule has 1 fully saturated rings. The fraction of sp³-hybridized carbons (Fsp3) is 0.412. The van der Waals surface area contributed by atoms with Crippen molar-refractivity contribution in [3.8, 4) is 0 Å². The average Bonchev–Trinajstić information content (AvgIpc) is 2.98. The second kappa shape index (κ2) is 7.71. The molecule has 1 aromatic heterocycles. The fourth-order valence-electron chi connectivity index (χ4n) is 2.80. The predicted octanol–water partition coefficient (Wildman–Crippen LogP) is 2.02. The summed E-state index contributed by atoms with van der Waals surface area (Å²) < 4.78 is 31.1. The second-order valence-electron chi connectivity index (χ2n) is 6.16. The molecule has 8 heteroatoms. The monoisotopic (exact) mass is 350 g/mol. The summed E-state index contributed by atoms with van der Waals surface area (Å²) in [4.78, 5) is 16.3. The van der Waals surface area contributed by atoms with Crippen molar-refractivity contribution in [2.45, 2.75) is 13.5 Å². The van der Waals surface area contributed by atoms with E-state index in [1.807, 2.05) is 17.9 Å². The van der Waals surface area contributed by atoms with E-state index in [-0.39, 0.29) is 18.1 Å². The van der Waals surface area contributed by atoms with Crippen LogP contribution in [-0.2, 0) is 11.3 Å². The first-order chi connectivity index (χ1) is 12.0. The highest BCUT2D eigenvalue weighted by Gasteiger charge is 2.20. The van der Waals surface area contributed by atoms with E-state index in [1.165, 1.54) is 6.07 Å². The van der Waals surface area contributed by atoms with Crippen LogP contribution in [0.2, 0.25) is 0 Å². The zero-order chi connectivity index (χ0) is 17.8. The van der Waals surface area contributed by atoms with E-state index < -0.39 is 11.6 Å². The Morgan fingerprint density at radius 2 is 1.88 bits per heavy atom. The maximum Gasteiger partial charge on any atom is 0.238 e. The van der Waals surface area contributed by atoms with Gasteiger partial charge in [0.05, 0.1) is 12.2 Å². The van der Waals surface area contributed by atoms with E-state index in [2.05, 4.69) is 15.4 Å². The van der Waals surface area contributed by atoms with Crippen LogP contribution in [-0.4, -0.2) is 53.6 Å².